The largest absolute Gasteiger partial charge is 0.337 e. The van der Waals surface area contributed by atoms with Gasteiger partial charge in [-0.15, -0.1) is 0 Å². The fraction of sp³-hybridized carbons (Fsp3) is 0.400. The summed E-state index contributed by atoms with van der Waals surface area (Å²) < 4.78 is 0. The first-order valence-electron chi connectivity index (χ1n) is 9.31. The van der Waals surface area contributed by atoms with Gasteiger partial charge < -0.3 is 9.80 Å². The maximum atomic E-state index is 12.9. The van der Waals surface area contributed by atoms with Gasteiger partial charge in [0.25, 0.3) is 11.8 Å². The first-order valence-corrected chi connectivity index (χ1v) is 9.31. The lowest BCUT2D eigenvalue weighted by Crippen LogP contribution is -2.56. The third kappa shape index (κ3) is 2.67. The van der Waals surface area contributed by atoms with Gasteiger partial charge >= 0.3 is 6.03 Å². The van der Waals surface area contributed by atoms with Crippen molar-refractivity contribution in [2.75, 3.05) is 27.2 Å². The van der Waals surface area contributed by atoms with Crippen molar-refractivity contribution in [1.82, 2.24) is 24.9 Å². The standard InChI is InChI=1S/C20H23N5O3/c1-13-4-6-14(7-5-13)15-12-16(22-21-15)17(26)25-10-8-20(9-11-25)18(27)23(2)19(28)24(20)3/h4-7,12H,8-11H2,1-3H3,(H,21,22). The van der Waals surface area contributed by atoms with Crippen LogP contribution in [0.3, 0.4) is 0 Å². The lowest BCUT2D eigenvalue weighted by Gasteiger charge is -2.40. The lowest BCUT2D eigenvalue weighted by molar-refractivity contribution is -0.134. The molecule has 0 saturated carbocycles. The quantitative estimate of drug-likeness (QED) is 0.805. The average Bonchev–Trinajstić information content (AvgIpc) is 3.26. The molecule has 0 aliphatic carbocycles. The van der Waals surface area contributed by atoms with E-state index in [1.807, 2.05) is 31.2 Å². The maximum Gasteiger partial charge on any atom is 0.327 e. The monoisotopic (exact) mass is 381 g/mol. The molecule has 1 N–H and O–H groups in total. The number of urea groups is 1. The number of likely N-dealkylation sites (N-methyl/N-ethyl adjacent to an activating group) is 2. The van der Waals surface area contributed by atoms with E-state index in [2.05, 4.69) is 10.2 Å². The average molecular weight is 381 g/mol. The van der Waals surface area contributed by atoms with Crippen molar-refractivity contribution in [1.29, 1.82) is 0 Å². The summed E-state index contributed by atoms with van der Waals surface area (Å²) in [6.07, 6.45) is 0.867. The summed E-state index contributed by atoms with van der Waals surface area (Å²) in [7, 11) is 3.16. The zero-order valence-electron chi connectivity index (χ0n) is 16.2. The predicted molar refractivity (Wildman–Crippen MR) is 103 cm³/mol. The second-order valence-electron chi connectivity index (χ2n) is 7.56. The molecule has 4 rings (SSSR count). The van der Waals surface area contributed by atoms with Crippen molar-refractivity contribution < 1.29 is 14.4 Å². The van der Waals surface area contributed by atoms with Crippen molar-refractivity contribution in [2.24, 2.45) is 0 Å². The van der Waals surface area contributed by atoms with E-state index >= 15 is 0 Å². The van der Waals surface area contributed by atoms with Crippen molar-refractivity contribution >= 4 is 17.8 Å². The van der Waals surface area contributed by atoms with E-state index in [0.717, 1.165) is 16.8 Å². The number of H-pyrrole nitrogens is 1. The Morgan fingerprint density at radius 2 is 1.75 bits per heavy atom. The number of carbonyl (C=O) groups excluding carboxylic acids is 3. The number of hydrogen-bond acceptors (Lipinski definition) is 4. The van der Waals surface area contributed by atoms with Gasteiger partial charge in [-0.2, -0.15) is 5.10 Å². The molecule has 146 valence electrons. The number of aromatic nitrogens is 2. The van der Waals surface area contributed by atoms with Crippen molar-refractivity contribution in [3.8, 4) is 11.3 Å². The zero-order chi connectivity index (χ0) is 20.1. The number of nitrogens with zero attached hydrogens (tertiary/aromatic N) is 4. The Hall–Kier alpha value is -3.16. The molecular weight excluding hydrogens is 358 g/mol. The number of carbonyl (C=O) groups is 3. The van der Waals surface area contributed by atoms with E-state index in [4.69, 9.17) is 0 Å². The summed E-state index contributed by atoms with van der Waals surface area (Å²) in [5.74, 6) is -0.330. The molecule has 3 heterocycles. The molecule has 8 nitrogen and oxygen atoms in total. The summed E-state index contributed by atoms with van der Waals surface area (Å²) in [6, 6.07) is 9.41. The van der Waals surface area contributed by atoms with Gasteiger partial charge in [0.2, 0.25) is 0 Å². The van der Waals surface area contributed by atoms with Crippen molar-refractivity contribution in [3.05, 3.63) is 41.6 Å². The highest BCUT2D eigenvalue weighted by Crippen LogP contribution is 2.35. The van der Waals surface area contributed by atoms with Gasteiger partial charge in [-0.05, 0) is 25.8 Å². The van der Waals surface area contributed by atoms with E-state index in [1.54, 1.807) is 18.0 Å². The Labute approximate surface area is 163 Å². The predicted octanol–water partition coefficient (Wildman–Crippen LogP) is 1.88. The molecule has 2 aliphatic rings. The van der Waals surface area contributed by atoms with Crippen LogP contribution in [-0.2, 0) is 4.79 Å². The molecule has 4 amide bonds. The Morgan fingerprint density at radius 1 is 1.11 bits per heavy atom. The van der Waals surface area contributed by atoms with Crippen LogP contribution >= 0.6 is 0 Å². The fourth-order valence-corrected chi connectivity index (χ4v) is 4.05. The lowest BCUT2D eigenvalue weighted by atomic mass is 9.86. The van der Waals surface area contributed by atoms with E-state index in [0.29, 0.717) is 31.6 Å². The molecule has 28 heavy (non-hydrogen) atoms. The Bertz CT molecular complexity index is 941. The second-order valence-corrected chi connectivity index (χ2v) is 7.56. The highest BCUT2D eigenvalue weighted by molar-refractivity contribution is 6.06. The van der Waals surface area contributed by atoms with Gasteiger partial charge in [0.1, 0.15) is 11.2 Å². The van der Waals surface area contributed by atoms with Gasteiger partial charge in [-0.25, -0.2) is 4.79 Å². The normalized spacial score (nSPS) is 19.0. The van der Waals surface area contributed by atoms with Gasteiger partial charge in [0.15, 0.2) is 0 Å². The zero-order valence-corrected chi connectivity index (χ0v) is 16.2. The number of benzene rings is 1. The van der Waals surface area contributed by atoms with Crippen LogP contribution in [-0.4, -0.2) is 75.5 Å². The molecule has 2 saturated heterocycles. The number of nitrogens with one attached hydrogen (secondary N) is 1. The minimum Gasteiger partial charge on any atom is -0.337 e. The van der Waals surface area contributed by atoms with Crippen LogP contribution in [0.2, 0.25) is 0 Å². The molecule has 2 fully saturated rings. The highest BCUT2D eigenvalue weighted by atomic mass is 16.2. The van der Waals surface area contributed by atoms with Crippen LogP contribution < -0.4 is 0 Å². The van der Waals surface area contributed by atoms with Gasteiger partial charge in [0, 0.05) is 32.7 Å². The fourth-order valence-electron chi connectivity index (χ4n) is 4.05. The minimum absolute atomic E-state index is 0.145. The van der Waals surface area contributed by atoms with Crippen LogP contribution in [0, 0.1) is 6.92 Å². The van der Waals surface area contributed by atoms with Gasteiger partial charge in [-0.3, -0.25) is 19.6 Å². The van der Waals surface area contributed by atoms with Crippen molar-refractivity contribution in [2.45, 2.75) is 25.3 Å². The number of amides is 4. The Balaban J connectivity index is 1.47. The number of likely N-dealkylation sites (tertiary alicyclic amines) is 1. The molecular formula is C20H23N5O3. The van der Waals surface area contributed by atoms with Crippen molar-refractivity contribution in [3.63, 3.8) is 0 Å². The third-order valence-corrected chi connectivity index (χ3v) is 5.95. The molecule has 1 aromatic carbocycles. The first kappa shape index (κ1) is 18.2. The maximum absolute atomic E-state index is 12.9. The van der Waals surface area contributed by atoms with E-state index in [-0.39, 0.29) is 17.8 Å². The molecule has 0 atom stereocenters. The Morgan fingerprint density at radius 3 is 2.32 bits per heavy atom. The number of hydrogen-bond donors (Lipinski definition) is 1. The first-order chi connectivity index (χ1) is 13.3. The minimum atomic E-state index is -0.830. The molecule has 0 radical (unpaired) electrons. The molecule has 2 aromatic rings. The molecule has 0 unspecified atom stereocenters. The summed E-state index contributed by atoms with van der Waals surface area (Å²) in [4.78, 5) is 42.0. The summed E-state index contributed by atoms with van der Waals surface area (Å²) in [5.41, 5.74) is 2.41. The summed E-state index contributed by atoms with van der Waals surface area (Å²) in [5, 5.41) is 7.09. The number of aromatic amines is 1. The summed E-state index contributed by atoms with van der Waals surface area (Å²) in [6.45, 7) is 2.84. The topological polar surface area (TPSA) is 89.6 Å². The van der Waals surface area contributed by atoms with Crippen LogP contribution in [0.4, 0.5) is 4.79 Å². The third-order valence-electron chi connectivity index (χ3n) is 5.95. The SMILES string of the molecule is Cc1ccc(-c2cc(C(=O)N3CCC4(CC3)C(=O)N(C)C(=O)N4C)[nH]n2)cc1. The van der Waals surface area contributed by atoms with Crippen LogP contribution in [0.1, 0.15) is 28.9 Å². The van der Waals surface area contributed by atoms with E-state index < -0.39 is 5.54 Å². The number of piperidine rings is 1. The summed E-state index contributed by atoms with van der Waals surface area (Å²) >= 11 is 0. The van der Waals surface area contributed by atoms with Crippen LogP contribution in [0.25, 0.3) is 11.3 Å². The number of imide groups is 1. The molecule has 1 spiro atoms. The molecule has 0 bridgehead atoms. The number of rotatable bonds is 2. The number of aryl methyl sites for hydroxylation is 1. The molecule has 1 aromatic heterocycles. The van der Waals surface area contributed by atoms with E-state index in [1.165, 1.54) is 16.8 Å². The smallest absolute Gasteiger partial charge is 0.327 e. The van der Waals surface area contributed by atoms with E-state index in [9.17, 15) is 14.4 Å². The molecule has 2 aliphatic heterocycles. The second kappa shape index (κ2) is 6.47. The van der Waals surface area contributed by atoms with Gasteiger partial charge in [0.05, 0.1) is 5.69 Å². The highest BCUT2D eigenvalue weighted by Gasteiger charge is 2.55. The van der Waals surface area contributed by atoms with Crippen LogP contribution in [0.15, 0.2) is 30.3 Å². The molecule has 8 heteroatoms. The van der Waals surface area contributed by atoms with Gasteiger partial charge in [-0.1, -0.05) is 29.8 Å². The Kier molecular flexibility index (Phi) is 4.21. The van der Waals surface area contributed by atoms with Crippen LogP contribution in [0.5, 0.6) is 0 Å².